The predicted molar refractivity (Wildman–Crippen MR) is 128 cm³/mol. The maximum absolute atomic E-state index is 12.9. The zero-order chi connectivity index (χ0) is 24.1. The lowest BCUT2D eigenvalue weighted by Crippen LogP contribution is -2.40. The Morgan fingerprint density at radius 2 is 1.71 bits per heavy atom. The van der Waals surface area contributed by atoms with Gasteiger partial charge in [-0.15, -0.1) is 0 Å². The number of methoxy groups -OCH3 is 1. The second-order valence-corrected chi connectivity index (χ2v) is 9.79. The van der Waals surface area contributed by atoms with Gasteiger partial charge < -0.3 is 19.5 Å². The summed E-state index contributed by atoms with van der Waals surface area (Å²) in [5, 5.41) is 3.20. The molecule has 0 bridgehead atoms. The zero-order valence-electron chi connectivity index (χ0n) is 18.4. The number of carbonyl (C=O) groups excluding carboxylic acids is 1. The van der Waals surface area contributed by atoms with E-state index >= 15 is 0 Å². The van der Waals surface area contributed by atoms with E-state index in [2.05, 4.69) is 5.32 Å². The van der Waals surface area contributed by atoms with Crippen LogP contribution in [0, 0.1) is 0 Å². The molecule has 4 rings (SSSR count). The molecule has 0 aliphatic carbocycles. The fourth-order valence-electron chi connectivity index (χ4n) is 3.39. The van der Waals surface area contributed by atoms with Gasteiger partial charge >= 0.3 is 0 Å². The van der Waals surface area contributed by atoms with Crippen molar-refractivity contribution in [3.8, 4) is 17.2 Å². The monoisotopic (exact) mass is 502 g/mol. The summed E-state index contributed by atoms with van der Waals surface area (Å²) in [5.74, 6) is 1.10. The van der Waals surface area contributed by atoms with Gasteiger partial charge in [0.15, 0.2) is 5.75 Å². The van der Waals surface area contributed by atoms with Crippen LogP contribution in [0.5, 0.6) is 17.2 Å². The van der Waals surface area contributed by atoms with Crippen LogP contribution in [0.25, 0.3) is 0 Å². The van der Waals surface area contributed by atoms with Gasteiger partial charge in [-0.05, 0) is 54.6 Å². The smallest absolute Gasteiger partial charge is 0.255 e. The predicted octanol–water partition coefficient (Wildman–Crippen LogP) is 4.41. The van der Waals surface area contributed by atoms with E-state index in [-0.39, 0.29) is 10.5 Å². The molecule has 1 N–H and O–H groups in total. The lowest BCUT2D eigenvalue weighted by molar-refractivity contribution is 0.0730. The first kappa shape index (κ1) is 24.0. The number of morpholine rings is 1. The number of sulfonamides is 1. The quantitative estimate of drug-likeness (QED) is 0.514. The highest BCUT2D eigenvalue weighted by molar-refractivity contribution is 7.89. The molecule has 0 unspecified atom stereocenters. The molecule has 1 fully saturated rings. The van der Waals surface area contributed by atoms with Crippen molar-refractivity contribution in [1.82, 2.24) is 4.31 Å². The second kappa shape index (κ2) is 10.4. The summed E-state index contributed by atoms with van der Waals surface area (Å²) in [6.07, 6.45) is 0. The van der Waals surface area contributed by atoms with Crippen LogP contribution in [0.15, 0.2) is 71.6 Å². The summed E-state index contributed by atoms with van der Waals surface area (Å²) in [6.45, 7) is 1.32. The summed E-state index contributed by atoms with van der Waals surface area (Å²) in [4.78, 5) is 13.0. The fourth-order valence-corrected chi connectivity index (χ4v) is 4.97. The normalized spacial score (nSPS) is 14.4. The molecule has 0 aromatic heterocycles. The van der Waals surface area contributed by atoms with E-state index in [4.69, 9.17) is 25.8 Å². The van der Waals surface area contributed by atoms with E-state index in [1.54, 1.807) is 49.6 Å². The first-order valence-electron chi connectivity index (χ1n) is 10.5. The van der Waals surface area contributed by atoms with Crippen LogP contribution >= 0.6 is 11.6 Å². The van der Waals surface area contributed by atoms with Crippen molar-refractivity contribution in [2.45, 2.75) is 4.90 Å². The summed E-state index contributed by atoms with van der Waals surface area (Å²) in [5.41, 5.74) is 0.651. The van der Waals surface area contributed by atoms with Crippen molar-refractivity contribution in [2.24, 2.45) is 0 Å². The number of hydrogen-bond acceptors (Lipinski definition) is 6. The van der Waals surface area contributed by atoms with Gasteiger partial charge in [-0.1, -0.05) is 17.7 Å². The fraction of sp³-hybridized carbons (Fsp3) is 0.208. The molecular formula is C24H23ClN2O6S. The van der Waals surface area contributed by atoms with Crippen LogP contribution in [-0.4, -0.2) is 52.0 Å². The maximum atomic E-state index is 12.9. The lowest BCUT2D eigenvalue weighted by Gasteiger charge is -2.26. The largest absolute Gasteiger partial charge is 0.497 e. The Morgan fingerprint density at radius 3 is 2.41 bits per heavy atom. The van der Waals surface area contributed by atoms with Gasteiger partial charge in [0.2, 0.25) is 10.0 Å². The number of carbonyl (C=O) groups is 1. The number of rotatable bonds is 7. The van der Waals surface area contributed by atoms with E-state index < -0.39 is 15.9 Å². The van der Waals surface area contributed by atoms with E-state index in [0.717, 1.165) is 0 Å². The van der Waals surface area contributed by atoms with Crippen molar-refractivity contribution in [3.63, 3.8) is 0 Å². The van der Waals surface area contributed by atoms with Gasteiger partial charge in [-0.3, -0.25) is 4.79 Å². The molecule has 0 atom stereocenters. The molecule has 178 valence electrons. The summed E-state index contributed by atoms with van der Waals surface area (Å²) < 4.78 is 43.3. The Bertz CT molecular complexity index is 1270. The minimum Gasteiger partial charge on any atom is -0.497 e. The standard InChI is InChI=1S/C24H23ClN2O6S/c1-31-19-3-2-4-20(16-19)33-23-10-7-18(25)15-22(23)26-24(28)17-5-8-21(9-6-17)34(29,30)27-11-13-32-14-12-27/h2-10,15-16H,11-14H2,1H3,(H,26,28). The highest BCUT2D eigenvalue weighted by Gasteiger charge is 2.26. The minimum atomic E-state index is -3.64. The average Bonchev–Trinajstić information content (AvgIpc) is 2.86. The number of nitrogens with zero attached hydrogens (tertiary/aromatic N) is 1. The molecule has 0 radical (unpaired) electrons. The van der Waals surface area contributed by atoms with E-state index in [9.17, 15) is 13.2 Å². The first-order chi connectivity index (χ1) is 16.4. The van der Waals surface area contributed by atoms with Gasteiger partial charge in [-0.25, -0.2) is 8.42 Å². The van der Waals surface area contributed by atoms with Crippen LogP contribution in [0.4, 0.5) is 5.69 Å². The number of benzene rings is 3. The van der Waals surface area contributed by atoms with Gasteiger partial charge in [0, 0.05) is 29.7 Å². The number of anilines is 1. The molecular weight excluding hydrogens is 480 g/mol. The number of halogens is 1. The van der Waals surface area contributed by atoms with Crippen molar-refractivity contribution in [2.75, 3.05) is 38.7 Å². The number of ether oxygens (including phenoxy) is 3. The molecule has 34 heavy (non-hydrogen) atoms. The molecule has 3 aromatic carbocycles. The van der Waals surface area contributed by atoms with Crippen molar-refractivity contribution < 1.29 is 27.4 Å². The average molecular weight is 503 g/mol. The van der Waals surface area contributed by atoms with Crippen LogP contribution in [-0.2, 0) is 14.8 Å². The van der Waals surface area contributed by atoms with Gasteiger partial charge in [0.05, 0.1) is 30.9 Å². The molecule has 1 heterocycles. The topological polar surface area (TPSA) is 94.2 Å². The van der Waals surface area contributed by atoms with E-state index in [0.29, 0.717) is 54.3 Å². The zero-order valence-corrected chi connectivity index (χ0v) is 19.9. The third-order valence-corrected chi connectivity index (χ3v) is 7.33. The maximum Gasteiger partial charge on any atom is 0.255 e. The van der Waals surface area contributed by atoms with Crippen LogP contribution in [0.3, 0.4) is 0 Å². The molecule has 1 saturated heterocycles. The molecule has 1 aliphatic heterocycles. The van der Waals surface area contributed by atoms with Gasteiger partial charge in [0.25, 0.3) is 5.91 Å². The highest BCUT2D eigenvalue weighted by atomic mass is 35.5. The third kappa shape index (κ3) is 5.51. The molecule has 1 aliphatic rings. The van der Waals surface area contributed by atoms with Crippen LogP contribution in [0.2, 0.25) is 5.02 Å². The molecule has 8 nitrogen and oxygen atoms in total. The molecule has 3 aromatic rings. The van der Waals surface area contributed by atoms with Crippen molar-refractivity contribution in [1.29, 1.82) is 0 Å². The van der Waals surface area contributed by atoms with Crippen LogP contribution < -0.4 is 14.8 Å². The van der Waals surface area contributed by atoms with Crippen molar-refractivity contribution >= 4 is 33.2 Å². The lowest BCUT2D eigenvalue weighted by atomic mass is 10.2. The number of hydrogen-bond donors (Lipinski definition) is 1. The molecule has 0 spiro atoms. The Morgan fingerprint density at radius 1 is 1.00 bits per heavy atom. The second-order valence-electron chi connectivity index (χ2n) is 7.42. The minimum absolute atomic E-state index is 0.121. The third-order valence-electron chi connectivity index (χ3n) is 5.18. The van der Waals surface area contributed by atoms with E-state index in [1.165, 1.54) is 28.6 Å². The van der Waals surface area contributed by atoms with Crippen LogP contribution in [0.1, 0.15) is 10.4 Å². The Balaban J connectivity index is 1.52. The number of nitrogens with one attached hydrogen (secondary N) is 1. The Hall–Kier alpha value is -3.11. The van der Waals surface area contributed by atoms with Crippen molar-refractivity contribution in [3.05, 3.63) is 77.3 Å². The van der Waals surface area contributed by atoms with Gasteiger partial charge in [-0.2, -0.15) is 4.31 Å². The Labute approximate surface area is 203 Å². The summed E-state index contributed by atoms with van der Waals surface area (Å²) in [6, 6.07) is 17.7. The first-order valence-corrected chi connectivity index (χ1v) is 12.3. The molecule has 10 heteroatoms. The summed E-state index contributed by atoms with van der Waals surface area (Å²) in [7, 11) is -2.08. The molecule has 0 saturated carbocycles. The summed E-state index contributed by atoms with van der Waals surface area (Å²) >= 11 is 6.13. The van der Waals surface area contributed by atoms with E-state index in [1.807, 2.05) is 0 Å². The Kier molecular flexibility index (Phi) is 7.38. The molecule has 1 amide bonds. The SMILES string of the molecule is COc1cccc(Oc2ccc(Cl)cc2NC(=O)c2ccc(S(=O)(=O)N3CCOCC3)cc2)c1. The highest BCUT2D eigenvalue weighted by Crippen LogP contribution is 2.33. The van der Waals surface area contributed by atoms with Gasteiger partial charge in [0.1, 0.15) is 11.5 Å². The number of amides is 1.